The fourth-order valence-corrected chi connectivity index (χ4v) is 1.71. The summed E-state index contributed by atoms with van der Waals surface area (Å²) in [6, 6.07) is 0. The van der Waals surface area contributed by atoms with Gasteiger partial charge in [0.15, 0.2) is 0 Å². The molecule has 0 aliphatic rings. The molecule has 0 rings (SSSR count). The quantitative estimate of drug-likeness (QED) is 0.453. The molecule has 0 fully saturated rings. The van der Waals surface area contributed by atoms with Gasteiger partial charge in [0.25, 0.3) is 0 Å². The fraction of sp³-hybridized carbons (Fsp3) is 1.00. The van der Waals surface area contributed by atoms with Gasteiger partial charge in [-0.25, -0.2) is 0 Å². The molecule has 0 unspecified atom stereocenters. The highest BCUT2D eigenvalue weighted by molar-refractivity contribution is 4.48. The predicted octanol–water partition coefficient (Wildman–Crippen LogP) is 8.21. The van der Waals surface area contributed by atoms with Gasteiger partial charge in [-0.2, -0.15) is 0 Å². The predicted molar refractivity (Wildman–Crippen MR) is 95.7 cm³/mol. The molecule has 0 saturated carbocycles. The minimum atomic E-state index is 0. The average Bonchev–Trinajstić information content (AvgIpc) is 2.05. The summed E-state index contributed by atoms with van der Waals surface area (Å²) >= 11 is 0. The Kier molecular flexibility index (Phi) is 60.7. The molecule has 0 amide bonds. The Morgan fingerprint density at radius 1 is 0.556 bits per heavy atom. The Hall–Kier alpha value is 0. The smallest absolute Gasteiger partial charge is 0.0443 e. The molecule has 0 saturated heterocycles. The molecule has 0 N–H and O–H groups in total. The van der Waals surface area contributed by atoms with E-state index in [-0.39, 0.29) is 29.7 Å². The zero-order valence-corrected chi connectivity index (χ0v) is 11.4. The zero-order chi connectivity index (χ0) is 11.4. The van der Waals surface area contributed by atoms with Gasteiger partial charge < -0.3 is 0 Å². The second-order valence-corrected chi connectivity index (χ2v) is 4.87. The molecular formula is C18H48. The van der Waals surface area contributed by atoms with E-state index in [1.54, 1.807) is 0 Å². The monoisotopic (exact) mass is 264 g/mol. The lowest BCUT2D eigenvalue weighted by molar-refractivity contribution is 0.480. The van der Waals surface area contributed by atoms with Crippen LogP contribution in [0.4, 0.5) is 0 Å². The van der Waals surface area contributed by atoms with Crippen molar-refractivity contribution < 1.29 is 0 Å². The summed E-state index contributed by atoms with van der Waals surface area (Å²) in [5.74, 6) is 1.86. The Balaban J connectivity index is -0.0000000335. The van der Waals surface area contributed by atoms with E-state index in [2.05, 4.69) is 41.5 Å². The zero-order valence-electron chi connectivity index (χ0n) is 11.4. The van der Waals surface area contributed by atoms with Crippen molar-refractivity contribution in [3.05, 3.63) is 0 Å². The van der Waals surface area contributed by atoms with Crippen LogP contribution < -0.4 is 0 Å². The molecule has 18 heavy (non-hydrogen) atoms. The molecule has 0 bridgehead atoms. The van der Waals surface area contributed by atoms with Crippen molar-refractivity contribution in [1.29, 1.82) is 0 Å². The first-order valence-electron chi connectivity index (χ1n) is 6.58. The van der Waals surface area contributed by atoms with E-state index in [0.29, 0.717) is 0 Å². The van der Waals surface area contributed by atoms with E-state index in [4.69, 9.17) is 0 Å². The Morgan fingerprint density at radius 3 is 0.944 bits per heavy atom. The molecule has 0 nitrogen and oxygen atoms in total. The highest BCUT2D eigenvalue weighted by Crippen LogP contribution is 2.10. The lowest BCUT2D eigenvalue weighted by Crippen LogP contribution is -1.91. The van der Waals surface area contributed by atoms with Crippen LogP contribution in [0.15, 0.2) is 0 Å². The summed E-state index contributed by atoms with van der Waals surface area (Å²) in [7, 11) is 0. The van der Waals surface area contributed by atoms with Crippen LogP contribution in [0.3, 0.4) is 0 Å². The lowest BCUT2D eigenvalue weighted by atomic mass is 10.0. The summed E-state index contributed by atoms with van der Waals surface area (Å²) in [6.07, 6.45) is 8.22. The highest BCUT2D eigenvalue weighted by atomic mass is 14.0. The van der Waals surface area contributed by atoms with Crippen LogP contribution in [-0.4, -0.2) is 0 Å². The van der Waals surface area contributed by atoms with Gasteiger partial charge in [-0.3, -0.25) is 0 Å². The van der Waals surface area contributed by atoms with Gasteiger partial charge in [-0.1, -0.05) is 110 Å². The van der Waals surface area contributed by atoms with Crippen LogP contribution in [0.1, 0.15) is 110 Å². The summed E-state index contributed by atoms with van der Waals surface area (Å²) in [5, 5.41) is 0. The molecule has 0 aromatic rings. The van der Waals surface area contributed by atoms with Crippen LogP contribution in [0.2, 0.25) is 0 Å². The maximum Gasteiger partial charge on any atom is -0.0443 e. The number of rotatable bonds is 6. The van der Waals surface area contributed by atoms with Crippen molar-refractivity contribution in [3.8, 4) is 0 Å². The molecule has 0 spiro atoms. The van der Waals surface area contributed by atoms with Gasteiger partial charge in [0.2, 0.25) is 0 Å². The van der Waals surface area contributed by atoms with Gasteiger partial charge in [0, 0.05) is 0 Å². The fourth-order valence-electron chi connectivity index (χ4n) is 1.71. The average molecular weight is 265 g/mol. The second kappa shape index (κ2) is 30.2. The third-order valence-corrected chi connectivity index (χ3v) is 2.43. The molecule has 0 radical (unpaired) electrons. The maximum absolute atomic E-state index is 2.34. The van der Waals surface area contributed by atoms with Crippen LogP contribution in [-0.2, 0) is 0 Å². The first kappa shape index (κ1) is 36.1. The van der Waals surface area contributed by atoms with E-state index >= 15 is 0 Å². The van der Waals surface area contributed by atoms with E-state index in [1.165, 1.54) is 38.5 Å². The van der Waals surface area contributed by atoms with Crippen molar-refractivity contribution in [2.45, 2.75) is 110 Å². The van der Waals surface area contributed by atoms with Crippen molar-refractivity contribution in [1.82, 2.24) is 0 Å². The highest BCUT2D eigenvalue weighted by Gasteiger charge is 1.95. The molecular weight excluding hydrogens is 216 g/mol. The minimum Gasteiger partial charge on any atom is -0.0776 e. The standard InChI is InChI=1S/C8H18.C6H14.4CH4/c1-4-6-8(3)7-5-2;1-4-5-6(2)3;;;;/h8H,4-7H2,1-3H3;6H,4-5H2,1-3H3;4*1H4. The molecule has 0 atom stereocenters. The van der Waals surface area contributed by atoms with Gasteiger partial charge >= 0.3 is 0 Å². The van der Waals surface area contributed by atoms with Crippen molar-refractivity contribution in [2.75, 3.05) is 0 Å². The van der Waals surface area contributed by atoms with E-state index < -0.39 is 0 Å². The summed E-state index contributed by atoms with van der Waals surface area (Å²) < 4.78 is 0. The van der Waals surface area contributed by atoms with Gasteiger partial charge in [0.1, 0.15) is 0 Å². The summed E-state index contributed by atoms with van der Waals surface area (Å²) in [6.45, 7) is 13.6. The molecule has 0 aromatic carbocycles. The van der Waals surface area contributed by atoms with Crippen LogP contribution in [0, 0.1) is 11.8 Å². The van der Waals surface area contributed by atoms with Gasteiger partial charge in [-0.05, 0) is 11.8 Å². The largest absolute Gasteiger partial charge is 0.0776 e. The summed E-state index contributed by atoms with van der Waals surface area (Å²) in [4.78, 5) is 0. The third kappa shape index (κ3) is 44.4. The van der Waals surface area contributed by atoms with Crippen LogP contribution in [0.5, 0.6) is 0 Å². The van der Waals surface area contributed by atoms with Crippen LogP contribution >= 0.6 is 0 Å². The Labute approximate surface area is 122 Å². The molecule has 0 aliphatic heterocycles. The van der Waals surface area contributed by atoms with E-state index in [1.807, 2.05) is 0 Å². The molecule has 0 heterocycles. The molecule has 0 aromatic heterocycles. The first-order chi connectivity index (χ1) is 6.58. The van der Waals surface area contributed by atoms with Crippen LogP contribution in [0.25, 0.3) is 0 Å². The molecule has 0 heteroatoms. The Morgan fingerprint density at radius 2 is 0.833 bits per heavy atom. The van der Waals surface area contributed by atoms with E-state index in [0.717, 1.165) is 11.8 Å². The van der Waals surface area contributed by atoms with Crippen molar-refractivity contribution in [2.24, 2.45) is 11.8 Å². The van der Waals surface area contributed by atoms with Gasteiger partial charge in [-0.15, -0.1) is 0 Å². The topological polar surface area (TPSA) is 0 Å². The number of hydrogen-bond donors (Lipinski definition) is 0. The first-order valence-corrected chi connectivity index (χ1v) is 6.58. The molecule has 120 valence electrons. The normalized spacial score (nSPS) is 8.00. The van der Waals surface area contributed by atoms with Crippen molar-refractivity contribution in [3.63, 3.8) is 0 Å². The van der Waals surface area contributed by atoms with Crippen molar-refractivity contribution >= 4 is 0 Å². The SMILES string of the molecule is C.C.C.C.CCCC(C)C.CCCC(C)CCC. The Bertz CT molecular complexity index is 78.0. The summed E-state index contributed by atoms with van der Waals surface area (Å²) in [5.41, 5.74) is 0. The van der Waals surface area contributed by atoms with E-state index in [9.17, 15) is 0 Å². The second-order valence-electron chi connectivity index (χ2n) is 4.87. The minimum absolute atomic E-state index is 0. The number of hydrogen-bond acceptors (Lipinski definition) is 0. The third-order valence-electron chi connectivity index (χ3n) is 2.43. The van der Waals surface area contributed by atoms with Gasteiger partial charge in [0.05, 0.1) is 0 Å². The maximum atomic E-state index is 2.34. The molecule has 0 aliphatic carbocycles. The lowest BCUT2D eigenvalue weighted by Gasteiger charge is -2.05.